The van der Waals surface area contributed by atoms with Crippen molar-refractivity contribution in [1.29, 1.82) is 0 Å². The first-order chi connectivity index (χ1) is 5.52. The van der Waals surface area contributed by atoms with Crippen LogP contribution in [0.4, 0.5) is 5.69 Å². The quantitative estimate of drug-likeness (QED) is 0.635. The number of rotatable bonds is 2. The van der Waals surface area contributed by atoms with Gasteiger partial charge in [0.1, 0.15) is 0 Å². The van der Waals surface area contributed by atoms with Gasteiger partial charge in [0.25, 0.3) is 0 Å². The highest BCUT2D eigenvalue weighted by Gasteiger charge is 2.24. The molecule has 66 valence electrons. The Bertz CT molecular complexity index is 238. The van der Waals surface area contributed by atoms with Crippen LogP contribution in [0.5, 0.6) is 0 Å². The summed E-state index contributed by atoms with van der Waals surface area (Å²) in [4.78, 5) is 0. The first-order valence-corrected chi connectivity index (χ1v) is 7.21. The van der Waals surface area contributed by atoms with E-state index in [1.54, 1.807) is 0 Å². The minimum absolute atomic E-state index is 0.895. The third-order valence-electron chi connectivity index (χ3n) is 2.03. The molecule has 0 saturated heterocycles. The van der Waals surface area contributed by atoms with Gasteiger partial charge < -0.3 is 0 Å². The van der Waals surface area contributed by atoms with E-state index < -0.39 is 7.41 Å². The van der Waals surface area contributed by atoms with E-state index in [1.807, 2.05) is 0 Å². The summed E-state index contributed by atoms with van der Waals surface area (Å²) < 4.78 is 2.38. The van der Waals surface area contributed by atoms with E-state index in [0.717, 1.165) is 0 Å². The van der Waals surface area contributed by atoms with Crippen molar-refractivity contribution >= 4 is 13.1 Å². The van der Waals surface area contributed by atoms with Crippen molar-refractivity contribution in [1.82, 2.24) is 0 Å². The molecule has 0 aliphatic rings. The van der Waals surface area contributed by atoms with Crippen LogP contribution in [0.1, 0.15) is 0 Å². The van der Waals surface area contributed by atoms with Gasteiger partial charge in [0.15, 0.2) is 0 Å². The van der Waals surface area contributed by atoms with E-state index in [1.165, 1.54) is 5.69 Å². The maximum Gasteiger partial charge on any atom is 0.0958 e. The second-order valence-electron chi connectivity index (χ2n) is 3.80. The van der Waals surface area contributed by atoms with E-state index >= 15 is 0 Å². The highest BCUT2D eigenvalue weighted by atomic mass is 31.2. The number of benzene rings is 1. The molecule has 0 heterocycles. The molecular formula is C10H17NP+. The predicted octanol–water partition coefficient (Wildman–Crippen LogP) is 2.94. The van der Waals surface area contributed by atoms with Gasteiger partial charge in [-0.25, -0.2) is 0 Å². The summed E-state index contributed by atoms with van der Waals surface area (Å²) in [6.07, 6.45) is 0. The lowest BCUT2D eigenvalue weighted by Gasteiger charge is -2.26. The zero-order chi connectivity index (χ0) is 9.19. The summed E-state index contributed by atoms with van der Waals surface area (Å²) in [6.45, 7) is 6.96. The lowest BCUT2D eigenvalue weighted by atomic mass is 10.3. The Kier molecular flexibility index (Phi) is 2.74. The molecule has 1 aromatic carbocycles. The summed E-state index contributed by atoms with van der Waals surface area (Å²) in [6, 6.07) is 10.5. The van der Waals surface area contributed by atoms with Crippen molar-refractivity contribution in [2.75, 3.05) is 31.7 Å². The highest BCUT2D eigenvalue weighted by molar-refractivity contribution is 7.75. The smallest absolute Gasteiger partial charge is 0.0958 e. The van der Waals surface area contributed by atoms with Crippen molar-refractivity contribution in [3.63, 3.8) is 0 Å². The van der Waals surface area contributed by atoms with Crippen LogP contribution < -0.4 is 4.67 Å². The minimum Gasteiger partial charge on any atom is -0.253 e. The highest BCUT2D eigenvalue weighted by Crippen LogP contribution is 2.51. The second-order valence-corrected chi connectivity index (χ2v) is 8.28. The van der Waals surface area contributed by atoms with Crippen molar-refractivity contribution < 1.29 is 0 Å². The van der Waals surface area contributed by atoms with Crippen LogP contribution in [-0.4, -0.2) is 27.0 Å². The van der Waals surface area contributed by atoms with Crippen LogP contribution in [0.3, 0.4) is 0 Å². The van der Waals surface area contributed by atoms with Crippen LogP contribution >= 0.6 is 7.41 Å². The lowest BCUT2D eigenvalue weighted by Crippen LogP contribution is -2.15. The first-order valence-electron chi connectivity index (χ1n) is 4.12. The Morgan fingerprint density at radius 1 is 1.00 bits per heavy atom. The molecule has 0 spiro atoms. The summed E-state index contributed by atoms with van der Waals surface area (Å²) >= 11 is 0. The topological polar surface area (TPSA) is 3.24 Å². The van der Waals surface area contributed by atoms with E-state index in [2.05, 4.69) is 62.0 Å². The van der Waals surface area contributed by atoms with Gasteiger partial charge in [-0.1, -0.05) is 18.2 Å². The largest absolute Gasteiger partial charge is 0.253 e. The molecule has 0 aliphatic heterocycles. The molecule has 0 N–H and O–H groups in total. The lowest BCUT2D eigenvalue weighted by molar-refractivity contribution is 1.31. The van der Waals surface area contributed by atoms with Gasteiger partial charge in [0, 0.05) is 7.05 Å². The van der Waals surface area contributed by atoms with Gasteiger partial charge in [-0.15, -0.1) is 0 Å². The first kappa shape index (κ1) is 9.54. The zero-order valence-electron chi connectivity index (χ0n) is 8.28. The Hall–Kier alpha value is -0.550. The van der Waals surface area contributed by atoms with E-state index in [0.29, 0.717) is 0 Å². The van der Waals surface area contributed by atoms with Gasteiger partial charge in [-0.2, -0.15) is 0 Å². The predicted molar refractivity (Wildman–Crippen MR) is 59.5 cm³/mol. The third kappa shape index (κ3) is 2.22. The van der Waals surface area contributed by atoms with Gasteiger partial charge in [0.2, 0.25) is 0 Å². The summed E-state index contributed by atoms with van der Waals surface area (Å²) in [5, 5.41) is 0. The molecule has 1 nitrogen and oxygen atoms in total. The molecule has 0 atom stereocenters. The molecule has 1 rings (SSSR count). The second kappa shape index (κ2) is 3.45. The molecule has 2 heteroatoms. The molecule has 12 heavy (non-hydrogen) atoms. The fourth-order valence-electron chi connectivity index (χ4n) is 0.990. The fourth-order valence-corrected chi connectivity index (χ4v) is 1.82. The van der Waals surface area contributed by atoms with Gasteiger partial charge >= 0.3 is 0 Å². The van der Waals surface area contributed by atoms with Crippen LogP contribution in [0.2, 0.25) is 0 Å². The van der Waals surface area contributed by atoms with Crippen LogP contribution in [0, 0.1) is 0 Å². The SMILES string of the molecule is CN(c1ccccc1)[P+](C)(C)C. The van der Waals surface area contributed by atoms with Crippen molar-refractivity contribution in [3.05, 3.63) is 30.3 Å². The van der Waals surface area contributed by atoms with Crippen molar-refractivity contribution in [3.8, 4) is 0 Å². The molecular weight excluding hydrogens is 165 g/mol. The molecule has 0 amide bonds. The number of anilines is 1. The minimum atomic E-state index is -0.895. The summed E-state index contributed by atoms with van der Waals surface area (Å²) in [7, 11) is 1.27. The summed E-state index contributed by atoms with van der Waals surface area (Å²) in [5.74, 6) is 0. The van der Waals surface area contributed by atoms with E-state index in [9.17, 15) is 0 Å². The molecule has 0 bridgehead atoms. The number of para-hydroxylation sites is 1. The molecule has 0 radical (unpaired) electrons. The molecule has 0 unspecified atom stereocenters. The van der Waals surface area contributed by atoms with E-state index in [4.69, 9.17) is 0 Å². The zero-order valence-corrected chi connectivity index (χ0v) is 9.18. The molecule has 0 saturated carbocycles. The molecule has 0 aliphatic carbocycles. The third-order valence-corrected chi connectivity index (χ3v) is 4.06. The maximum atomic E-state index is 2.38. The Labute approximate surface area is 75.8 Å². The van der Waals surface area contributed by atoms with Gasteiger partial charge in [-0.05, 0) is 12.1 Å². The average molecular weight is 182 g/mol. The summed E-state index contributed by atoms with van der Waals surface area (Å²) in [5.41, 5.74) is 1.32. The van der Waals surface area contributed by atoms with Crippen LogP contribution in [0.15, 0.2) is 30.3 Å². The Balaban J connectivity index is 2.86. The van der Waals surface area contributed by atoms with Crippen molar-refractivity contribution in [2.45, 2.75) is 0 Å². The maximum absolute atomic E-state index is 2.38. The molecule has 1 aromatic rings. The Morgan fingerprint density at radius 3 is 1.92 bits per heavy atom. The fraction of sp³-hybridized carbons (Fsp3) is 0.400. The average Bonchev–Trinajstić information content (AvgIpc) is 2.03. The van der Waals surface area contributed by atoms with Gasteiger partial charge in [-0.3, -0.25) is 4.67 Å². The number of hydrogen-bond donors (Lipinski definition) is 0. The number of nitrogens with zero attached hydrogens (tertiary/aromatic N) is 1. The van der Waals surface area contributed by atoms with Crippen LogP contribution in [0.25, 0.3) is 0 Å². The van der Waals surface area contributed by atoms with E-state index in [-0.39, 0.29) is 0 Å². The molecule has 0 fully saturated rings. The molecule has 0 aromatic heterocycles. The van der Waals surface area contributed by atoms with Crippen molar-refractivity contribution in [2.24, 2.45) is 0 Å². The number of hydrogen-bond acceptors (Lipinski definition) is 1. The van der Waals surface area contributed by atoms with Crippen LogP contribution in [-0.2, 0) is 0 Å². The normalized spacial score (nSPS) is 11.3. The van der Waals surface area contributed by atoms with Gasteiger partial charge in [0.05, 0.1) is 33.1 Å². The standard InChI is InChI=1S/C10H17NP/c1-11(12(2,3)4)10-8-6-5-7-9-10/h5-9H,1-4H3/q+1. The monoisotopic (exact) mass is 182 g/mol. The Morgan fingerprint density at radius 2 is 1.50 bits per heavy atom.